The maximum Gasteiger partial charge on any atom is 0.224 e. The van der Waals surface area contributed by atoms with Crippen molar-refractivity contribution in [2.24, 2.45) is 0 Å². The topological polar surface area (TPSA) is 49.3 Å². The van der Waals surface area contributed by atoms with Crippen LogP contribution in [0.25, 0.3) is 0 Å². The number of thioether (sulfide) groups is 2. The maximum atomic E-state index is 12.8. The second kappa shape index (κ2) is 7.33. The highest BCUT2D eigenvalue weighted by Crippen LogP contribution is 2.24. The third kappa shape index (κ3) is 5.00. The van der Waals surface area contributed by atoms with E-state index in [0.717, 1.165) is 17.1 Å². The molecule has 1 heterocycles. The average molecular weight is 315 g/mol. The first-order valence-corrected chi connectivity index (χ1v) is 8.77. The average Bonchev–Trinajstić information content (AvgIpc) is 2.65. The van der Waals surface area contributed by atoms with Gasteiger partial charge in [-0.3, -0.25) is 4.79 Å². The molecule has 2 N–H and O–H groups in total. The number of benzene rings is 1. The van der Waals surface area contributed by atoms with Gasteiger partial charge in [0.15, 0.2) is 0 Å². The van der Waals surface area contributed by atoms with Crippen LogP contribution < -0.4 is 5.32 Å². The van der Waals surface area contributed by atoms with Gasteiger partial charge in [-0.25, -0.2) is 4.39 Å². The zero-order valence-corrected chi connectivity index (χ0v) is 12.7. The molecule has 110 valence electrons. The molecule has 1 saturated heterocycles. The first-order valence-electron chi connectivity index (χ1n) is 6.46. The van der Waals surface area contributed by atoms with Crippen molar-refractivity contribution in [2.45, 2.75) is 12.0 Å². The molecule has 20 heavy (non-hydrogen) atoms. The predicted molar refractivity (Wildman–Crippen MR) is 82.7 cm³/mol. The van der Waals surface area contributed by atoms with Gasteiger partial charge >= 0.3 is 0 Å². The van der Waals surface area contributed by atoms with Gasteiger partial charge in [-0.05, 0) is 17.7 Å². The van der Waals surface area contributed by atoms with E-state index in [1.165, 1.54) is 12.1 Å². The van der Waals surface area contributed by atoms with Crippen LogP contribution in [0.3, 0.4) is 0 Å². The molecule has 1 aliphatic rings. The molecule has 1 aliphatic heterocycles. The van der Waals surface area contributed by atoms with Crippen molar-refractivity contribution < 1.29 is 14.3 Å². The van der Waals surface area contributed by atoms with Gasteiger partial charge in [-0.15, -0.1) is 0 Å². The Morgan fingerprint density at radius 3 is 2.45 bits per heavy atom. The van der Waals surface area contributed by atoms with Gasteiger partial charge in [0.1, 0.15) is 5.82 Å². The molecule has 0 atom stereocenters. The molecular weight excluding hydrogens is 297 g/mol. The molecule has 0 saturated carbocycles. The second-order valence-electron chi connectivity index (χ2n) is 4.91. The minimum Gasteiger partial charge on any atom is -0.386 e. The molecule has 1 aromatic rings. The van der Waals surface area contributed by atoms with Crippen LogP contribution in [0.1, 0.15) is 5.56 Å². The first kappa shape index (κ1) is 15.7. The van der Waals surface area contributed by atoms with E-state index in [1.807, 2.05) is 0 Å². The van der Waals surface area contributed by atoms with Crippen molar-refractivity contribution in [2.75, 3.05) is 29.6 Å². The number of nitrogens with one attached hydrogen (secondary N) is 1. The van der Waals surface area contributed by atoms with Crippen molar-refractivity contribution in [1.29, 1.82) is 0 Å². The standard InChI is InChI=1S/C14H18FNO2S2/c15-12-3-1-11(2-4-12)7-13(17)16-8-14(18)9-19-5-6-20-10-14/h1-4,18H,5-10H2,(H,16,17). The molecule has 0 aromatic heterocycles. The van der Waals surface area contributed by atoms with E-state index in [4.69, 9.17) is 0 Å². The van der Waals surface area contributed by atoms with Gasteiger partial charge in [-0.2, -0.15) is 23.5 Å². The monoisotopic (exact) mass is 315 g/mol. The van der Waals surface area contributed by atoms with Crippen LogP contribution >= 0.6 is 23.5 Å². The van der Waals surface area contributed by atoms with Crippen LogP contribution in [0.5, 0.6) is 0 Å². The lowest BCUT2D eigenvalue weighted by molar-refractivity contribution is -0.121. The summed E-state index contributed by atoms with van der Waals surface area (Å²) in [5, 5.41) is 13.2. The Morgan fingerprint density at radius 2 is 1.85 bits per heavy atom. The van der Waals surface area contributed by atoms with Crippen molar-refractivity contribution in [3.63, 3.8) is 0 Å². The normalized spacial score (nSPS) is 18.3. The number of hydrogen-bond acceptors (Lipinski definition) is 4. The fourth-order valence-corrected chi connectivity index (χ4v) is 4.43. The molecule has 1 amide bonds. The van der Waals surface area contributed by atoms with E-state index in [9.17, 15) is 14.3 Å². The van der Waals surface area contributed by atoms with Gasteiger partial charge < -0.3 is 10.4 Å². The molecule has 0 unspecified atom stereocenters. The molecule has 2 rings (SSSR count). The Balaban J connectivity index is 1.80. The van der Waals surface area contributed by atoms with Crippen LogP contribution in [-0.2, 0) is 11.2 Å². The largest absolute Gasteiger partial charge is 0.386 e. The summed E-state index contributed by atoms with van der Waals surface area (Å²) in [4.78, 5) is 11.8. The maximum absolute atomic E-state index is 12.8. The zero-order chi connectivity index (χ0) is 14.4. The molecule has 0 spiro atoms. The summed E-state index contributed by atoms with van der Waals surface area (Å²) in [5.74, 6) is 2.92. The van der Waals surface area contributed by atoms with E-state index in [0.29, 0.717) is 11.5 Å². The number of carbonyl (C=O) groups excluding carboxylic acids is 1. The summed E-state index contributed by atoms with van der Waals surface area (Å²) >= 11 is 3.43. The van der Waals surface area contributed by atoms with Crippen LogP contribution in [-0.4, -0.2) is 46.2 Å². The SMILES string of the molecule is O=C(Cc1ccc(F)cc1)NCC1(O)CSCCSC1. The number of rotatable bonds is 4. The zero-order valence-electron chi connectivity index (χ0n) is 11.1. The van der Waals surface area contributed by atoms with Crippen LogP contribution in [0.4, 0.5) is 4.39 Å². The molecule has 0 bridgehead atoms. The lowest BCUT2D eigenvalue weighted by atomic mass is 10.1. The van der Waals surface area contributed by atoms with Crippen molar-refractivity contribution in [3.05, 3.63) is 35.6 Å². The Morgan fingerprint density at radius 1 is 1.25 bits per heavy atom. The summed E-state index contributed by atoms with van der Waals surface area (Å²) < 4.78 is 12.8. The van der Waals surface area contributed by atoms with Crippen molar-refractivity contribution in [1.82, 2.24) is 5.32 Å². The highest BCUT2D eigenvalue weighted by atomic mass is 32.2. The summed E-state index contributed by atoms with van der Waals surface area (Å²) in [6.07, 6.45) is 0.205. The molecule has 3 nitrogen and oxygen atoms in total. The quantitative estimate of drug-likeness (QED) is 0.888. The number of carbonyl (C=O) groups is 1. The Bertz CT molecular complexity index is 445. The van der Waals surface area contributed by atoms with Crippen LogP contribution in [0, 0.1) is 5.82 Å². The number of hydrogen-bond donors (Lipinski definition) is 2. The van der Waals surface area contributed by atoms with Gasteiger partial charge in [0.05, 0.1) is 12.0 Å². The van der Waals surface area contributed by atoms with Gasteiger partial charge in [0.25, 0.3) is 0 Å². The Hall–Kier alpha value is -0.720. The number of halogens is 1. The smallest absolute Gasteiger partial charge is 0.224 e. The van der Waals surface area contributed by atoms with Gasteiger partial charge in [0.2, 0.25) is 5.91 Å². The van der Waals surface area contributed by atoms with Crippen molar-refractivity contribution in [3.8, 4) is 0 Å². The van der Waals surface area contributed by atoms with Crippen LogP contribution in [0.15, 0.2) is 24.3 Å². The minimum atomic E-state index is -0.829. The van der Waals surface area contributed by atoms with E-state index in [1.54, 1.807) is 35.7 Å². The van der Waals surface area contributed by atoms with Gasteiger partial charge in [0, 0.05) is 29.6 Å². The lowest BCUT2D eigenvalue weighted by Crippen LogP contribution is -2.47. The molecule has 1 fully saturated rings. The van der Waals surface area contributed by atoms with E-state index < -0.39 is 5.60 Å². The van der Waals surface area contributed by atoms with E-state index in [-0.39, 0.29) is 24.7 Å². The lowest BCUT2D eigenvalue weighted by Gasteiger charge is -2.25. The fraction of sp³-hybridized carbons (Fsp3) is 0.500. The molecule has 6 heteroatoms. The first-order chi connectivity index (χ1) is 9.57. The Kier molecular flexibility index (Phi) is 5.74. The third-order valence-corrected chi connectivity index (χ3v) is 5.73. The third-order valence-electron chi connectivity index (χ3n) is 3.01. The minimum absolute atomic E-state index is 0.149. The second-order valence-corrected chi connectivity index (χ2v) is 7.12. The molecule has 1 aromatic carbocycles. The summed E-state index contributed by atoms with van der Waals surface area (Å²) in [7, 11) is 0. The van der Waals surface area contributed by atoms with E-state index in [2.05, 4.69) is 5.32 Å². The molecular formula is C14H18FNO2S2. The molecule has 0 radical (unpaired) electrons. The summed E-state index contributed by atoms with van der Waals surface area (Å²) in [6, 6.07) is 5.88. The summed E-state index contributed by atoms with van der Waals surface area (Å²) in [6.45, 7) is 0.271. The highest BCUT2D eigenvalue weighted by molar-refractivity contribution is 8.03. The fourth-order valence-electron chi connectivity index (χ4n) is 1.90. The highest BCUT2D eigenvalue weighted by Gasteiger charge is 2.29. The number of amides is 1. The molecule has 0 aliphatic carbocycles. The van der Waals surface area contributed by atoms with Crippen molar-refractivity contribution >= 4 is 29.4 Å². The number of aliphatic hydroxyl groups is 1. The van der Waals surface area contributed by atoms with E-state index >= 15 is 0 Å². The van der Waals surface area contributed by atoms with Crippen LogP contribution in [0.2, 0.25) is 0 Å². The predicted octanol–water partition coefficient (Wildman–Crippen LogP) is 1.70. The summed E-state index contributed by atoms with van der Waals surface area (Å²) in [5.41, 5.74) is -0.0647. The van der Waals surface area contributed by atoms with Gasteiger partial charge in [-0.1, -0.05) is 12.1 Å². The Labute approximate surface area is 126 Å².